The van der Waals surface area contributed by atoms with Crippen LogP contribution in [0.2, 0.25) is 5.02 Å². The Morgan fingerprint density at radius 2 is 1.71 bits per heavy atom. The number of anilines is 1. The van der Waals surface area contributed by atoms with Crippen molar-refractivity contribution in [1.82, 2.24) is 9.80 Å². The third-order valence-electron chi connectivity index (χ3n) is 8.82. The number of carbonyl (C=O) groups excluding carboxylic acids is 2. The Labute approximate surface area is 250 Å². The number of hydrogen-bond donors (Lipinski definition) is 1. The first-order valence-corrected chi connectivity index (χ1v) is 14.6. The number of likely N-dealkylation sites (tertiary alicyclic amines) is 1. The lowest BCUT2D eigenvalue weighted by Crippen LogP contribution is -2.57. The fraction of sp³-hybridized carbons (Fsp3) is 0.548. The Morgan fingerprint density at radius 1 is 1.07 bits per heavy atom. The number of alkyl halides is 3. The maximum absolute atomic E-state index is 14.2. The molecule has 2 aromatic carbocycles. The molecule has 0 aliphatic carbocycles. The van der Waals surface area contributed by atoms with Gasteiger partial charge in [-0.25, -0.2) is 0 Å². The van der Waals surface area contributed by atoms with E-state index in [2.05, 4.69) is 11.8 Å². The molecule has 11 heteroatoms. The SMILES string of the molecule is COc1cccc(C(O)(C(=O)N2CCC(CC3(C)CCN(c4ccc(C(=O)N(C)C)c(Cl)c4)CC3)CC2)C(F)(F)F)c1. The molecule has 4 rings (SSSR count). The molecule has 0 bridgehead atoms. The summed E-state index contributed by atoms with van der Waals surface area (Å²) >= 11 is 6.42. The summed E-state index contributed by atoms with van der Waals surface area (Å²) in [5.41, 5.74) is -2.70. The molecule has 2 saturated heterocycles. The molecule has 0 radical (unpaired) electrons. The number of methoxy groups -OCH3 is 1. The van der Waals surface area contributed by atoms with Crippen LogP contribution in [0.4, 0.5) is 18.9 Å². The van der Waals surface area contributed by atoms with Crippen LogP contribution in [-0.2, 0) is 10.4 Å². The van der Waals surface area contributed by atoms with E-state index < -0.39 is 23.2 Å². The van der Waals surface area contributed by atoms with Crippen molar-refractivity contribution in [2.24, 2.45) is 11.3 Å². The number of piperidine rings is 2. The van der Waals surface area contributed by atoms with Crippen molar-refractivity contribution in [2.45, 2.75) is 50.8 Å². The van der Waals surface area contributed by atoms with Gasteiger partial charge in [0.15, 0.2) is 0 Å². The van der Waals surface area contributed by atoms with Crippen molar-refractivity contribution in [2.75, 3.05) is 52.3 Å². The molecule has 1 N–H and O–H groups in total. The number of ether oxygens (including phenoxy) is 1. The van der Waals surface area contributed by atoms with E-state index in [1.165, 1.54) is 24.1 Å². The minimum atomic E-state index is -5.19. The quantitative estimate of drug-likeness (QED) is 0.434. The largest absolute Gasteiger partial charge is 0.497 e. The summed E-state index contributed by atoms with van der Waals surface area (Å²) in [6.07, 6.45) is -1.25. The highest BCUT2D eigenvalue weighted by molar-refractivity contribution is 6.34. The zero-order valence-electron chi connectivity index (χ0n) is 24.5. The standard InChI is InChI=1S/C31H39ClF3N3O4/c1-29(12-16-37(17-13-29)23-8-9-25(26(32)19-23)27(39)36(2)3)20-21-10-14-38(15-11-21)28(40)30(41,31(33,34)35)22-6-5-7-24(18-22)42-4/h5-9,18-19,21,41H,10-17,20H2,1-4H3. The highest BCUT2D eigenvalue weighted by Crippen LogP contribution is 2.44. The molecule has 1 atom stereocenters. The van der Waals surface area contributed by atoms with Gasteiger partial charge in [0.25, 0.3) is 17.4 Å². The number of carbonyl (C=O) groups is 2. The molecule has 7 nitrogen and oxygen atoms in total. The lowest BCUT2D eigenvalue weighted by Gasteiger charge is -2.44. The summed E-state index contributed by atoms with van der Waals surface area (Å²) in [7, 11) is 4.68. The second kappa shape index (κ2) is 12.3. The van der Waals surface area contributed by atoms with Gasteiger partial charge in [0.2, 0.25) is 0 Å². The fourth-order valence-electron chi connectivity index (χ4n) is 6.15. The second-order valence-electron chi connectivity index (χ2n) is 12.0. The van der Waals surface area contributed by atoms with Crippen LogP contribution in [0, 0.1) is 11.3 Å². The minimum Gasteiger partial charge on any atom is -0.497 e. The first-order chi connectivity index (χ1) is 19.7. The van der Waals surface area contributed by atoms with Crippen LogP contribution in [0.1, 0.15) is 54.9 Å². The molecule has 2 heterocycles. The van der Waals surface area contributed by atoms with Crippen molar-refractivity contribution < 1.29 is 32.6 Å². The maximum Gasteiger partial charge on any atom is 0.430 e. The van der Waals surface area contributed by atoms with Gasteiger partial charge >= 0.3 is 6.18 Å². The molecule has 2 amide bonds. The van der Waals surface area contributed by atoms with Gasteiger partial charge in [0.1, 0.15) is 5.75 Å². The van der Waals surface area contributed by atoms with E-state index in [-0.39, 0.29) is 36.1 Å². The average Bonchev–Trinajstić information content (AvgIpc) is 2.96. The van der Waals surface area contributed by atoms with E-state index >= 15 is 0 Å². The Hall–Kier alpha value is -2.98. The molecule has 0 spiro atoms. The van der Waals surface area contributed by atoms with Gasteiger partial charge in [-0.3, -0.25) is 9.59 Å². The number of halogens is 4. The molecular weight excluding hydrogens is 571 g/mol. The van der Waals surface area contributed by atoms with E-state index in [1.54, 1.807) is 20.2 Å². The molecule has 42 heavy (non-hydrogen) atoms. The van der Waals surface area contributed by atoms with Crippen LogP contribution in [0.25, 0.3) is 0 Å². The van der Waals surface area contributed by atoms with Crippen molar-refractivity contribution in [3.05, 3.63) is 58.6 Å². The average molecular weight is 610 g/mol. The number of benzene rings is 2. The van der Waals surface area contributed by atoms with E-state index in [0.29, 0.717) is 23.4 Å². The van der Waals surface area contributed by atoms with Crippen molar-refractivity contribution in [3.63, 3.8) is 0 Å². The first kappa shape index (κ1) is 31.9. The predicted octanol–water partition coefficient (Wildman–Crippen LogP) is 5.74. The predicted molar refractivity (Wildman–Crippen MR) is 156 cm³/mol. The number of rotatable bonds is 7. The summed E-state index contributed by atoms with van der Waals surface area (Å²) in [6, 6.07) is 10.5. The summed E-state index contributed by atoms with van der Waals surface area (Å²) in [6.45, 7) is 4.21. The van der Waals surface area contributed by atoms with E-state index in [4.69, 9.17) is 16.3 Å². The summed E-state index contributed by atoms with van der Waals surface area (Å²) in [5, 5.41) is 11.2. The van der Waals surface area contributed by atoms with Gasteiger partial charge in [-0.2, -0.15) is 13.2 Å². The number of amides is 2. The monoisotopic (exact) mass is 609 g/mol. The van der Waals surface area contributed by atoms with Crippen molar-refractivity contribution >= 4 is 29.1 Å². The lowest BCUT2D eigenvalue weighted by molar-refractivity contribution is -0.262. The highest BCUT2D eigenvalue weighted by Gasteiger charge is 2.62. The first-order valence-electron chi connectivity index (χ1n) is 14.2. The van der Waals surface area contributed by atoms with Gasteiger partial charge in [-0.1, -0.05) is 30.7 Å². The third kappa shape index (κ3) is 6.49. The lowest BCUT2D eigenvalue weighted by atomic mass is 9.71. The smallest absolute Gasteiger partial charge is 0.430 e. The van der Waals surface area contributed by atoms with Crippen LogP contribution in [0.3, 0.4) is 0 Å². The number of aliphatic hydroxyl groups is 1. The van der Waals surface area contributed by atoms with E-state index in [0.717, 1.165) is 55.1 Å². The molecule has 2 fully saturated rings. The molecule has 2 aromatic rings. The van der Waals surface area contributed by atoms with Gasteiger partial charge in [-0.15, -0.1) is 0 Å². The Balaban J connectivity index is 1.35. The number of nitrogens with zero attached hydrogens (tertiary/aromatic N) is 3. The number of hydrogen-bond acceptors (Lipinski definition) is 5. The summed E-state index contributed by atoms with van der Waals surface area (Å²) in [4.78, 5) is 30.4. The maximum atomic E-state index is 14.2. The molecule has 230 valence electrons. The minimum absolute atomic E-state index is 0.0608. The van der Waals surface area contributed by atoms with E-state index in [9.17, 15) is 27.9 Å². The molecule has 2 aliphatic heterocycles. The Morgan fingerprint density at radius 3 is 2.26 bits per heavy atom. The van der Waals surface area contributed by atoms with Crippen LogP contribution < -0.4 is 9.64 Å². The van der Waals surface area contributed by atoms with E-state index in [1.807, 2.05) is 12.1 Å². The van der Waals surface area contributed by atoms with Gasteiger partial charge < -0.3 is 24.5 Å². The zero-order valence-corrected chi connectivity index (χ0v) is 25.3. The topological polar surface area (TPSA) is 73.3 Å². The normalized spacial score (nSPS) is 19.3. The van der Waals surface area contributed by atoms with Crippen LogP contribution in [0.5, 0.6) is 5.75 Å². The van der Waals surface area contributed by atoms with Crippen LogP contribution >= 0.6 is 11.6 Å². The van der Waals surface area contributed by atoms with Gasteiger partial charge in [0.05, 0.1) is 17.7 Å². The molecule has 0 saturated carbocycles. The summed E-state index contributed by atoms with van der Waals surface area (Å²) in [5.74, 6) is -1.10. The molecule has 2 aliphatic rings. The molecular formula is C31H39ClF3N3O4. The van der Waals surface area contributed by atoms with Crippen LogP contribution in [0.15, 0.2) is 42.5 Å². The van der Waals surface area contributed by atoms with Crippen LogP contribution in [-0.4, -0.2) is 80.3 Å². The third-order valence-corrected chi connectivity index (χ3v) is 9.13. The van der Waals surface area contributed by atoms with Crippen molar-refractivity contribution in [1.29, 1.82) is 0 Å². The second-order valence-corrected chi connectivity index (χ2v) is 12.4. The Kier molecular flexibility index (Phi) is 9.37. The molecule has 1 unspecified atom stereocenters. The van der Waals surface area contributed by atoms with Gasteiger partial charge in [-0.05, 0) is 73.8 Å². The van der Waals surface area contributed by atoms with Gasteiger partial charge in [0, 0.05) is 51.5 Å². The Bertz CT molecular complexity index is 1290. The zero-order chi connectivity index (χ0) is 30.9. The molecule has 0 aromatic heterocycles. The summed E-state index contributed by atoms with van der Waals surface area (Å²) < 4.78 is 47.5. The van der Waals surface area contributed by atoms with Crippen molar-refractivity contribution in [3.8, 4) is 5.75 Å². The highest BCUT2D eigenvalue weighted by atomic mass is 35.5. The fourth-order valence-corrected chi connectivity index (χ4v) is 6.40.